The molecule has 0 aliphatic carbocycles. The molecule has 0 saturated heterocycles. The van der Waals surface area contributed by atoms with Gasteiger partial charge in [-0.25, -0.2) is 4.98 Å². The van der Waals surface area contributed by atoms with Crippen molar-refractivity contribution in [3.63, 3.8) is 0 Å². The molecule has 138 valence electrons. The fraction of sp³-hybridized carbons (Fsp3) is 0.0909. The number of hydrogen-bond donors (Lipinski definition) is 1. The van der Waals surface area contributed by atoms with Gasteiger partial charge in [-0.3, -0.25) is 9.20 Å². The van der Waals surface area contributed by atoms with Gasteiger partial charge in [-0.1, -0.05) is 35.9 Å². The maximum absolute atomic E-state index is 12.9. The number of carbonyl (C=O) groups excluding carboxylic acids is 1. The van der Waals surface area contributed by atoms with Crippen molar-refractivity contribution in [1.82, 2.24) is 9.38 Å². The van der Waals surface area contributed by atoms with Gasteiger partial charge in [0.1, 0.15) is 17.2 Å². The molecule has 28 heavy (non-hydrogen) atoms. The normalized spacial score (nSPS) is 12.3. The van der Waals surface area contributed by atoms with Crippen LogP contribution in [0.4, 0.5) is 5.82 Å². The molecule has 1 amide bonds. The predicted molar refractivity (Wildman–Crippen MR) is 106 cm³/mol. The van der Waals surface area contributed by atoms with Crippen LogP contribution < -0.4 is 14.8 Å². The average molecular weight is 371 g/mol. The molecule has 0 fully saturated rings. The van der Waals surface area contributed by atoms with Crippen LogP contribution in [0.15, 0.2) is 66.9 Å². The van der Waals surface area contributed by atoms with E-state index in [9.17, 15) is 4.79 Å². The van der Waals surface area contributed by atoms with Crippen LogP contribution >= 0.6 is 0 Å². The Kier molecular flexibility index (Phi) is 3.76. The molecule has 6 nitrogen and oxygen atoms in total. The van der Waals surface area contributed by atoms with Crippen molar-refractivity contribution in [2.45, 2.75) is 6.92 Å². The summed E-state index contributed by atoms with van der Waals surface area (Å²) < 4.78 is 12.6. The summed E-state index contributed by atoms with van der Waals surface area (Å²) in [5.74, 6) is 1.61. The first kappa shape index (κ1) is 16.4. The van der Waals surface area contributed by atoms with Crippen molar-refractivity contribution >= 4 is 17.4 Å². The van der Waals surface area contributed by atoms with E-state index in [1.165, 1.54) is 5.56 Å². The number of amides is 1. The number of ether oxygens (including phenoxy) is 2. The van der Waals surface area contributed by atoms with E-state index >= 15 is 0 Å². The maximum Gasteiger partial charge on any atom is 0.256 e. The van der Waals surface area contributed by atoms with Gasteiger partial charge in [-0.2, -0.15) is 0 Å². The van der Waals surface area contributed by atoms with Crippen LogP contribution in [-0.2, 0) is 0 Å². The third kappa shape index (κ3) is 2.75. The summed E-state index contributed by atoms with van der Waals surface area (Å²) in [6.07, 6.45) is 1.88. The summed E-state index contributed by atoms with van der Waals surface area (Å²) in [5.41, 5.74) is 4.08. The number of benzene rings is 2. The van der Waals surface area contributed by atoms with Crippen LogP contribution in [-0.4, -0.2) is 22.1 Å². The summed E-state index contributed by atoms with van der Waals surface area (Å²) >= 11 is 0. The second kappa shape index (κ2) is 6.42. The van der Waals surface area contributed by atoms with E-state index in [2.05, 4.69) is 5.32 Å². The van der Waals surface area contributed by atoms with Crippen molar-refractivity contribution in [2.75, 3.05) is 12.1 Å². The topological polar surface area (TPSA) is 64.9 Å². The van der Waals surface area contributed by atoms with Gasteiger partial charge in [0.15, 0.2) is 11.5 Å². The third-order valence-electron chi connectivity index (χ3n) is 4.72. The highest BCUT2D eigenvalue weighted by atomic mass is 16.7. The number of imidazole rings is 1. The SMILES string of the molecule is Cc1ccc(-c2nc3ccccn3c2NC(=O)c2ccc3c(c2)OCO3)cc1. The Balaban J connectivity index is 1.57. The minimum absolute atomic E-state index is 0.172. The molecule has 2 aromatic carbocycles. The number of nitrogens with zero attached hydrogens (tertiary/aromatic N) is 2. The van der Waals surface area contributed by atoms with Crippen LogP contribution in [0.3, 0.4) is 0 Å². The minimum atomic E-state index is -0.239. The molecule has 0 unspecified atom stereocenters. The molecule has 6 heteroatoms. The van der Waals surface area contributed by atoms with Crippen molar-refractivity contribution < 1.29 is 14.3 Å². The van der Waals surface area contributed by atoms with Gasteiger partial charge < -0.3 is 14.8 Å². The highest BCUT2D eigenvalue weighted by Crippen LogP contribution is 2.33. The predicted octanol–water partition coefficient (Wildman–Crippen LogP) is 4.29. The molecule has 5 rings (SSSR count). The molecule has 1 N–H and O–H groups in total. The van der Waals surface area contributed by atoms with Crippen LogP contribution in [0, 0.1) is 6.92 Å². The van der Waals surface area contributed by atoms with E-state index in [0.29, 0.717) is 22.9 Å². The summed E-state index contributed by atoms with van der Waals surface area (Å²) in [6, 6.07) is 19.0. The van der Waals surface area contributed by atoms with Crippen LogP contribution in [0.5, 0.6) is 11.5 Å². The van der Waals surface area contributed by atoms with E-state index in [4.69, 9.17) is 14.5 Å². The first-order valence-electron chi connectivity index (χ1n) is 8.94. The fourth-order valence-electron chi connectivity index (χ4n) is 3.25. The van der Waals surface area contributed by atoms with E-state index in [-0.39, 0.29) is 12.7 Å². The number of hydrogen-bond acceptors (Lipinski definition) is 4. The quantitative estimate of drug-likeness (QED) is 0.583. The zero-order valence-electron chi connectivity index (χ0n) is 15.2. The lowest BCUT2D eigenvalue weighted by Gasteiger charge is -2.09. The lowest BCUT2D eigenvalue weighted by Crippen LogP contribution is -2.14. The molecule has 0 spiro atoms. The van der Waals surface area contributed by atoms with Crippen molar-refractivity contribution in [3.8, 4) is 22.8 Å². The van der Waals surface area contributed by atoms with Gasteiger partial charge >= 0.3 is 0 Å². The highest BCUT2D eigenvalue weighted by Gasteiger charge is 2.20. The molecule has 1 aliphatic rings. The smallest absolute Gasteiger partial charge is 0.256 e. The molecule has 0 atom stereocenters. The molecule has 3 heterocycles. The Morgan fingerprint density at radius 2 is 1.86 bits per heavy atom. The zero-order valence-corrected chi connectivity index (χ0v) is 15.2. The standard InChI is InChI=1S/C22H17N3O3/c1-14-5-7-15(8-6-14)20-21(25-11-3-2-4-19(25)23-20)24-22(26)16-9-10-17-18(12-16)28-13-27-17/h2-12H,13H2,1H3,(H,24,26). The fourth-order valence-corrected chi connectivity index (χ4v) is 3.25. The highest BCUT2D eigenvalue weighted by molar-refractivity contribution is 6.06. The van der Waals surface area contributed by atoms with Gasteiger partial charge in [0.2, 0.25) is 6.79 Å². The number of anilines is 1. The second-order valence-corrected chi connectivity index (χ2v) is 6.63. The van der Waals surface area contributed by atoms with Crippen molar-refractivity contribution in [2.24, 2.45) is 0 Å². The number of rotatable bonds is 3. The molecule has 0 bridgehead atoms. The maximum atomic E-state index is 12.9. The molecule has 4 aromatic rings. The van der Waals surface area contributed by atoms with Gasteiger partial charge in [-0.05, 0) is 37.3 Å². The van der Waals surface area contributed by atoms with E-state index in [1.54, 1.807) is 18.2 Å². The monoisotopic (exact) mass is 371 g/mol. The summed E-state index contributed by atoms with van der Waals surface area (Å²) in [5, 5.41) is 3.02. The van der Waals surface area contributed by atoms with Crippen LogP contribution in [0.25, 0.3) is 16.9 Å². The number of pyridine rings is 1. The van der Waals surface area contributed by atoms with Gasteiger partial charge in [-0.15, -0.1) is 0 Å². The van der Waals surface area contributed by atoms with Crippen LogP contribution in [0.1, 0.15) is 15.9 Å². The average Bonchev–Trinajstić information content (AvgIpc) is 3.33. The van der Waals surface area contributed by atoms with E-state index in [1.807, 2.05) is 60.0 Å². The summed E-state index contributed by atoms with van der Waals surface area (Å²) in [6.45, 7) is 2.21. The molecule has 0 radical (unpaired) electrons. The molecule has 1 aliphatic heterocycles. The zero-order chi connectivity index (χ0) is 19.1. The number of nitrogens with one attached hydrogen (secondary N) is 1. The molecular weight excluding hydrogens is 354 g/mol. The van der Waals surface area contributed by atoms with Crippen molar-refractivity contribution in [3.05, 3.63) is 78.0 Å². The number of fused-ring (bicyclic) bond motifs is 2. The third-order valence-corrected chi connectivity index (χ3v) is 4.72. The van der Waals surface area contributed by atoms with E-state index < -0.39 is 0 Å². The lowest BCUT2D eigenvalue weighted by molar-refractivity contribution is 0.102. The van der Waals surface area contributed by atoms with Gasteiger partial charge in [0, 0.05) is 17.3 Å². The Bertz CT molecular complexity index is 1200. The Labute approximate surface area is 161 Å². The largest absolute Gasteiger partial charge is 0.454 e. The Morgan fingerprint density at radius 1 is 1.04 bits per heavy atom. The number of carbonyl (C=O) groups is 1. The first-order valence-corrected chi connectivity index (χ1v) is 8.94. The molecule has 2 aromatic heterocycles. The first-order chi connectivity index (χ1) is 13.7. The Morgan fingerprint density at radius 3 is 2.71 bits per heavy atom. The second-order valence-electron chi connectivity index (χ2n) is 6.63. The summed E-state index contributed by atoms with van der Waals surface area (Å²) in [4.78, 5) is 17.7. The molecular formula is C22H17N3O3. The molecule has 0 saturated carbocycles. The van der Waals surface area contributed by atoms with Gasteiger partial charge in [0.25, 0.3) is 5.91 Å². The van der Waals surface area contributed by atoms with Crippen LogP contribution in [0.2, 0.25) is 0 Å². The Hall–Kier alpha value is -3.80. The van der Waals surface area contributed by atoms with Crippen molar-refractivity contribution in [1.29, 1.82) is 0 Å². The number of aryl methyl sites for hydroxylation is 1. The number of aromatic nitrogens is 2. The lowest BCUT2D eigenvalue weighted by atomic mass is 10.1. The van der Waals surface area contributed by atoms with Gasteiger partial charge in [0.05, 0.1) is 0 Å². The van der Waals surface area contributed by atoms with E-state index in [0.717, 1.165) is 16.9 Å². The minimum Gasteiger partial charge on any atom is -0.454 e. The summed E-state index contributed by atoms with van der Waals surface area (Å²) in [7, 11) is 0.